The number of H-pyrrole nitrogens is 1. The fourth-order valence-corrected chi connectivity index (χ4v) is 2.74. The number of imidazole rings is 1. The van der Waals surface area contributed by atoms with E-state index >= 15 is 0 Å². The lowest BCUT2D eigenvalue weighted by Crippen LogP contribution is -2.13. The summed E-state index contributed by atoms with van der Waals surface area (Å²) in [6, 6.07) is 10.8. The van der Waals surface area contributed by atoms with E-state index in [1.54, 1.807) is 12.1 Å². The first-order valence-corrected chi connectivity index (χ1v) is 7.59. The second-order valence-corrected chi connectivity index (χ2v) is 5.54. The van der Waals surface area contributed by atoms with Crippen LogP contribution >= 0.6 is 15.9 Å². The Balaban J connectivity index is 1.90. The average molecular weight is 376 g/mol. The van der Waals surface area contributed by atoms with Crippen molar-refractivity contribution in [3.8, 4) is 11.5 Å². The van der Waals surface area contributed by atoms with E-state index in [1.165, 1.54) is 14.2 Å². The summed E-state index contributed by atoms with van der Waals surface area (Å²) in [7, 11) is 3.06. The van der Waals surface area contributed by atoms with Crippen molar-refractivity contribution < 1.29 is 14.3 Å². The zero-order valence-electron chi connectivity index (χ0n) is 12.5. The summed E-state index contributed by atoms with van der Waals surface area (Å²) in [5, 5.41) is 2.74. The van der Waals surface area contributed by atoms with Gasteiger partial charge in [-0.1, -0.05) is 12.1 Å². The Bertz CT molecular complexity index is 818. The first-order valence-electron chi connectivity index (χ1n) is 6.80. The van der Waals surface area contributed by atoms with E-state index in [4.69, 9.17) is 9.47 Å². The number of nitrogens with one attached hydrogen (secondary N) is 2. The molecule has 0 aliphatic heterocycles. The van der Waals surface area contributed by atoms with Gasteiger partial charge in [-0.05, 0) is 40.2 Å². The van der Waals surface area contributed by atoms with Crippen molar-refractivity contribution >= 4 is 38.8 Å². The molecule has 3 rings (SSSR count). The van der Waals surface area contributed by atoms with Crippen LogP contribution < -0.4 is 14.8 Å². The van der Waals surface area contributed by atoms with E-state index in [-0.39, 0.29) is 5.91 Å². The highest BCUT2D eigenvalue weighted by Gasteiger charge is 2.15. The number of fused-ring (bicyclic) bond motifs is 1. The van der Waals surface area contributed by atoms with Crippen LogP contribution in [0.3, 0.4) is 0 Å². The maximum Gasteiger partial charge on any atom is 0.258 e. The van der Waals surface area contributed by atoms with E-state index in [0.29, 0.717) is 27.5 Å². The number of carbonyl (C=O) groups excluding carboxylic acids is 1. The Kier molecular flexibility index (Phi) is 4.20. The van der Waals surface area contributed by atoms with Crippen molar-refractivity contribution in [3.63, 3.8) is 0 Å². The van der Waals surface area contributed by atoms with Gasteiger partial charge in [-0.3, -0.25) is 10.1 Å². The Labute approximate surface area is 140 Å². The number of benzene rings is 2. The van der Waals surface area contributed by atoms with Gasteiger partial charge in [-0.25, -0.2) is 4.98 Å². The molecule has 0 bridgehead atoms. The predicted molar refractivity (Wildman–Crippen MR) is 91.3 cm³/mol. The second kappa shape index (κ2) is 6.29. The van der Waals surface area contributed by atoms with Crippen LogP contribution in [-0.4, -0.2) is 30.1 Å². The van der Waals surface area contributed by atoms with Crippen molar-refractivity contribution in [1.29, 1.82) is 0 Å². The molecule has 118 valence electrons. The number of amides is 1. The summed E-state index contributed by atoms with van der Waals surface area (Å²) in [6.07, 6.45) is 0. The van der Waals surface area contributed by atoms with Crippen LogP contribution in [-0.2, 0) is 0 Å². The summed E-state index contributed by atoms with van der Waals surface area (Å²) in [5.41, 5.74) is 2.05. The maximum absolute atomic E-state index is 12.4. The molecule has 1 heterocycles. The first kappa shape index (κ1) is 15.4. The summed E-state index contributed by atoms with van der Waals surface area (Å²) >= 11 is 3.37. The molecule has 2 N–H and O–H groups in total. The quantitative estimate of drug-likeness (QED) is 0.730. The van der Waals surface area contributed by atoms with Gasteiger partial charge in [-0.2, -0.15) is 0 Å². The molecule has 0 aliphatic carbocycles. The van der Waals surface area contributed by atoms with Gasteiger partial charge in [0.05, 0.1) is 25.3 Å². The van der Waals surface area contributed by atoms with Crippen molar-refractivity contribution in [2.24, 2.45) is 0 Å². The highest BCUT2D eigenvalue weighted by atomic mass is 79.9. The third-order valence-electron chi connectivity index (χ3n) is 3.33. The number of para-hydroxylation sites is 2. The molecule has 0 spiro atoms. The van der Waals surface area contributed by atoms with Crippen LogP contribution in [0.2, 0.25) is 0 Å². The summed E-state index contributed by atoms with van der Waals surface area (Å²) < 4.78 is 11.1. The second-order valence-electron chi connectivity index (χ2n) is 4.75. The van der Waals surface area contributed by atoms with Crippen LogP contribution in [0.5, 0.6) is 11.5 Å². The zero-order chi connectivity index (χ0) is 16.4. The third kappa shape index (κ3) is 3.00. The maximum atomic E-state index is 12.4. The summed E-state index contributed by atoms with van der Waals surface area (Å²) in [6.45, 7) is 0. The highest BCUT2D eigenvalue weighted by Crippen LogP contribution is 2.35. The van der Waals surface area contributed by atoms with Gasteiger partial charge >= 0.3 is 0 Å². The molecule has 0 aliphatic rings. The standard InChI is InChI=1S/C16H14BrN3O3/c1-22-12-7-9(8-13(23-2)14(12)17)15(21)20-16-18-10-5-3-4-6-11(10)19-16/h3-8H,1-2H3,(H2,18,19,20,21). The van der Waals surface area contributed by atoms with Gasteiger partial charge in [0, 0.05) is 5.56 Å². The Morgan fingerprint density at radius 1 is 1.17 bits per heavy atom. The minimum absolute atomic E-state index is 0.312. The van der Waals surface area contributed by atoms with Crippen LogP contribution in [0.1, 0.15) is 10.4 Å². The van der Waals surface area contributed by atoms with Crippen LogP contribution in [0, 0.1) is 0 Å². The van der Waals surface area contributed by atoms with Gasteiger partial charge in [0.25, 0.3) is 5.91 Å². The van der Waals surface area contributed by atoms with Gasteiger partial charge < -0.3 is 14.5 Å². The van der Waals surface area contributed by atoms with Crippen molar-refractivity contribution in [3.05, 3.63) is 46.4 Å². The molecule has 0 unspecified atom stereocenters. The van der Waals surface area contributed by atoms with E-state index in [9.17, 15) is 4.79 Å². The number of methoxy groups -OCH3 is 2. The predicted octanol–water partition coefficient (Wildman–Crippen LogP) is 3.59. The molecular weight excluding hydrogens is 362 g/mol. The molecule has 3 aromatic rings. The molecule has 2 aromatic carbocycles. The number of carbonyl (C=O) groups is 1. The molecule has 0 saturated carbocycles. The fraction of sp³-hybridized carbons (Fsp3) is 0.125. The minimum atomic E-state index is -0.312. The Morgan fingerprint density at radius 2 is 1.83 bits per heavy atom. The minimum Gasteiger partial charge on any atom is -0.495 e. The van der Waals surface area contributed by atoms with Gasteiger partial charge in [0.15, 0.2) is 0 Å². The molecule has 1 aromatic heterocycles. The van der Waals surface area contributed by atoms with Gasteiger partial charge in [0.1, 0.15) is 16.0 Å². The number of halogens is 1. The normalized spacial score (nSPS) is 10.6. The van der Waals surface area contributed by atoms with E-state index in [1.807, 2.05) is 24.3 Å². The lowest BCUT2D eigenvalue weighted by atomic mass is 10.2. The molecule has 1 amide bonds. The van der Waals surface area contributed by atoms with Crippen LogP contribution in [0.25, 0.3) is 11.0 Å². The molecule has 6 nitrogen and oxygen atoms in total. The third-order valence-corrected chi connectivity index (χ3v) is 4.11. The van der Waals surface area contributed by atoms with E-state index in [0.717, 1.165) is 11.0 Å². The number of hydrogen-bond acceptors (Lipinski definition) is 4. The number of anilines is 1. The molecule has 0 fully saturated rings. The topological polar surface area (TPSA) is 76.2 Å². The molecule has 0 saturated heterocycles. The monoisotopic (exact) mass is 375 g/mol. The van der Waals surface area contributed by atoms with Crippen LogP contribution in [0.4, 0.5) is 5.95 Å². The smallest absolute Gasteiger partial charge is 0.258 e. The SMILES string of the molecule is COc1cc(C(=O)Nc2nc3ccccc3[nH]2)cc(OC)c1Br. The number of hydrogen-bond donors (Lipinski definition) is 2. The molecule has 7 heteroatoms. The van der Waals surface area contributed by atoms with Gasteiger partial charge in [-0.15, -0.1) is 0 Å². The molecular formula is C16H14BrN3O3. The molecule has 0 atom stereocenters. The average Bonchev–Trinajstić information content (AvgIpc) is 2.97. The zero-order valence-corrected chi connectivity index (χ0v) is 14.1. The Morgan fingerprint density at radius 3 is 2.43 bits per heavy atom. The first-order chi connectivity index (χ1) is 11.1. The number of rotatable bonds is 4. The van der Waals surface area contributed by atoms with Crippen LogP contribution in [0.15, 0.2) is 40.9 Å². The highest BCUT2D eigenvalue weighted by molar-refractivity contribution is 9.10. The lowest BCUT2D eigenvalue weighted by Gasteiger charge is -2.11. The van der Waals surface area contributed by atoms with Crippen molar-refractivity contribution in [2.45, 2.75) is 0 Å². The number of aromatic nitrogens is 2. The summed E-state index contributed by atoms with van der Waals surface area (Å²) in [4.78, 5) is 19.8. The number of nitrogens with zero attached hydrogens (tertiary/aromatic N) is 1. The van der Waals surface area contributed by atoms with Crippen molar-refractivity contribution in [2.75, 3.05) is 19.5 Å². The largest absolute Gasteiger partial charge is 0.495 e. The molecule has 23 heavy (non-hydrogen) atoms. The fourth-order valence-electron chi connectivity index (χ4n) is 2.19. The molecule has 0 radical (unpaired) electrons. The van der Waals surface area contributed by atoms with Crippen molar-refractivity contribution in [1.82, 2.24) is 9.97 Å². The lowest BCUT2D eigenvalue weighted by molar-refractivity contribution is 0.102. The van der Waals surface area contributed by atoms with Gasteiger partial charge in [0.2, 0.25) is 5.95 Å². The van der Waals surface area contributed by atoms with E-state index < -0.39 is 0 Å². The number of aromatic amines is 1. The Hall–Kier alpha value is -2.54. The number of ether oxygens (including phenoxy) is 2. The summed E-state index contributed by atoms with van der Waals surface area (Å²) in [5.74, 6) is 1.10. The van der Waals surface area contributed by atoms with E-state index in [2.05, 4.69) is 31.2 Å².